The summed E-state index contributed by atoms with van der Waals surface area (Å²) in [5.41, 5.74) is 0.894. The van der Waals surface area contributed by atoms with E-state index in [2.05, 4.69) is 19.2 Å². The molecule has 0 aliphatic carbocycles. The Morgan fingerprint density at radius 2 is 1.77 bits per heavy atom. The molecule has 0 aromatic heterocycles. The number of nitrogens with two attached hydrogens (primary N) is 1. The maximum atomic E-state index is 11.8. The predicted molar refractivity (Wildman–Crippen MR) is 101 cm³/mol. The molecule has 146 valence electrons. The van der Waals surface area contributed by atoms with Crippen LogP contribution in [0.5, 0.6) is 0 Å². The minimum atomic E-state index is -3.70. The normalized spacial score (nSPS) is 11.4. The molecule has 0 atom stereocenters. The van der Waals surface area contributed by atoms with Gasteiger partial charge in [0.25, 0.3) is 0 Å². The summed E-state index contributed by atoms with van der Waals surface area (Å²) in [4.78, 5) is 25.3. The summed E-state index contributed by atoms with van der Waals surface area (Å²) in [6, 6.07) is 6.25. The average molecular weight is 384 g/mol. The molecule has 7 nitrogen and oxygen atoms in total. The highest BCUT2D eigenvalue weighted by molar-refractivity contribution is 7.89. The molecule has 0 saturated heterocycles. The minimum Gasteiger partial charge on any atom is -0.356 e. The molecule has 0 spiro atoms. The van der Waals surface area contributed by atoms with Gasteiger partial charge in [0.15, 0.2) is 0 Å². The smallest absolute Gasteiger partial charge is 0.238 e. The van der Waals surface area contributed by atoms with Crippen molar-refractivity contribution in [3.63, 3.8) is 0 Å². The molecule has 0 aliphatic rings. The quantitative estimate of drug-likeness (QED) is 0.634. The van der Waals surface area contributed by atoms with E-state index in [9.17, 15) is 18.0 Å². The molecule has 0 fully saturated rings. The monoisotopic (exact) mass is 383 g/mol. The van der Waals surface area contributed by atoms with Gasteiger partial charge in [0, 0.05) is 33.0 Å². The highest BCUT2D eigenvalue weighted by Gasteiger charge is 2.12. The van der Waals surface area contributed by atoms with E-state index >= 15 is 0 Å². The van der Waals surface area contributed by atoms with Crippen LogP contribution in [-0.2, 0) is 26.0 Å². The van der Waals surface area contributed by atoms with E-state index in [-0.39, 0.29) is 23.1 Å². The van der Waals surface area contributed by atoms with Crippen molar-refractivity contribution in [2.45, 2.75) is 44.9 Å². The van der Waals surface area contributed by atoms with E-state index < -0.39 is 10.0 Å². The van der Waals surface area contributed by atoms with Crippen LogP contribution in [0.15, 0.2) is 29.2 Å². The van der Waals surface area contributed by atoms with Gasteiger partial charge >= 0.3 is 0 Å². The fourth-order valence-electron chi connectivity index (χ4n) is 2.36. The molecule has 0 saturated carbocycles. The molecule has 0 aliphatic heterocycles. The number of carbonyl (C=O) groups is 2. The van der Waals surface area contributed by atoms with Gasteiger partial charge in [-0.3, -0.25) is 9.59 Å². The second-order valence-corrected chi connectivity index (χ2v) is 8.29. The molecule has 0 bridgehead atoms. The first-order valence-electron chi connectivity index (χ1n) is 8.73. The summed E-state index contributed by atoms with van der Waals surface area (Å²) in [6.07, 6.45) is 1.76. The number of rotatable bonds is 10. The summed E-state index contributed by atoms with van der Waals surface area (Å²) in [7, 11) is -3.70. The summed E-state index contributed by atoms with van der Waals surface area (Å²) in [5.74, 6) is 0.375. The van der Waals surface area contributed by atoms with Gasteiger partial charge in [0.1, 0.15) is 0 Å². The van der Waals surface area contributed by atoms with Crippen molar-refractivity contribution >= 4 is 21.8 Å². The van der Waals surface area contributed by atoms with Crippen LogP contribution < -0.4 is 10.5 Å². The zero-order valence-corrected chi connectivity index (χ0v) is 16.5. The second kappa shape index (κ2) is 10.3. The fraction of sp³-hybridized carbons (Fsp3) is 0.556. The van der Waals surface area contributed by atoms with Crippen molar-refractivity contribution in [3.8, 4) is 0 Å². The Kier molecular flexibility index (Phi) is 8.74. The third-order valence-corrected chi connectivity index (χ3v) is 4.95. The fourth-order valence-corrected chi connectivity index (χ4v) is 2.88. The standard InChI is InChI=1S/C18H29N3O4S/c1-14(2)8-11-20-18(23)10-13-21(15(3)22)12-9-16-4-6-17(7-5-16)26(19,24)25/h4-7,14H,8-13H2,1-3H3,(H,20,23)(H2,19,24,25). The Hall–Kier alpha value is -1.93. The predicted octanol–water partition coefficient (Wildman–Crippen LogP) is 1.28. The summed E-state index contributed by atoms with van der Waals surface area (Å²) < 4.78 is 22.5. The van der Waals surface area contributed by atoms with Crippen molar-refractivity contribution in [1.82, 2.24) is 10.2 Å². The molecule has 3 N–H and O–H groups in total. The number of hydrogen-bond donors (Lipinski definition) is 2. The Bertz CT molecular complexity index is 700. The topological polar surface area (TPSA) is 110 Å². The second-order valence-electron chi connectivity index (χ2n) is 6.73. The molecule has 0 radical (unpaired) electrons. The van der Waals surface area contributed by atoms with Crippen LogP contribution in [0.3, 0.4) is 0 Å². The van der Waals surface area contributed by atoms with Crippen molar-refractivity contribution in [1.29, 1.82) is 0 Å². The van der Waals surface area contributed by atoms with Crippen molar-refractivity contribution in [2.24, 2.45) is 11.1 Å². The Labute approximate surface area is 156 Å². The molecule has 1 rings (SSSR count). The first-order valence-corrected chi connectivity index (χ1v) is 10.3. The highest BCUT2D eigenvalue weighted by Crippen LogP contribution is 2.10. The van der Waals surface area contributed by atoms with Gasteiger partial charge in [-0.2, -0.15) is 0 Å². The number of nitrogens with one attached hydrogen (secondary N) is 1. The van der Waals surface area contributed by atoms with Crippen molar-refractivity contribution in [3.05, 3.63) is 29.8 Å². The number of carbonyl (C=O) groups excluding carboxylic acids is 2. The first-order chi connectivity index (χ1) is 12.1. The number of nitrogens with zero attached hydrogens (tertiary/aromatic N) is 1. The van der Waals surface area contributed by atoms with Crippen LogP contribution in [0.25, 0.3) is 0 Å². The van der Waals surface area contributed by atoms with Gasteiger partial charge in [-0.25, -0.2) is 13.6 Å². The summed E-state index contributed by atoms with van der Waals surface area (Å²) in [6.45, 7) is 7.13. The lowest BCUT2D eigenvalue weighted by Gasteiger charge is -2.21. The Morgan fingerprint density at radius 3 is 2.27 bits per heavy atom. The number of amides is 2. The number of primary sulfonamides is 1. The van der Waals surface area contributed by atoms with Gasteiger partial charge in [0.2, 0.25) is 21.8 Å². The van der Waals surface area contributed by atoms with Gasteiger partial charge in [-0.1, -0.05) is 26.0 Å². The maximum absolute atomic E-state index is 11.8. The number of benzene rings is 1. The molecule has 0 heterocycles. The first kappa shape index (κ1) is 22.1. The Morgan fingerprint density at radius 1 is 1.15 bits per heavy atom. The SMILES string of the molecule is CC(=O)N(CCC(=O)NCCC(C)C)CCc1ccc(S(N)(=O)=O)cc1. The van der Waals surface area contributed by atoms with E-state index in [0.29, 0.717) is 32.0 Å². The lowest BCUT2D eigenvalue weighted by atomic mass is 10.1. The van der Waals surface area contributed by atoms with Crippen LogP contribution in [0.2, 0.25) is 0 Å². The molecule has 0 unspecified atom stereocenters. The maximum Gasteiger partial charge on any atom is 0.238 e. The van der Waals surface area contributed by atoms with Crippen LogP contribution in [0, 0.1) is 5.92 Å². The highest BCUT2D eigenvalue weighted by atomic mass is 32.2. The van der Waals surface area contributed by atoms with Crippen LogP contribution in [0.1, 0.15) is 39.2 Å². The third-order valence-electron chi connectivity index (χ3n) is 4.02. The molecule has 2 amide bonds. The van der Waals surface area contributed by atoms with E-state index in [1.165, 1.54) is 19.1 Å². The average Bonchev–Trinajstić information content (AvgIpc) is 2.53. The van der Waals surface area contributed by atoms with Gasteiger partial charge in [-0.15, -0.1) is 0 Å². The van der Waals surface area contributed by atoms with E-state index in [1.54, 1.807) is 17.0 Å². The number of hydrogen-bond acceptors (Lipinski definition) is 4. The van der Waals surface area contributed by atoms with Gasteiger partial charge < -0.3 is 10.2 Å². The van der Waals surface area contributed by atoms with E-state index in [4.69, 9.17) is 5.14 Å². The summed E-state index contributed by atoms with van der Waals surface area (Å²) >= 11 is 0. The molecular formula is C18H29N3O4S. The molecule has 8 heteroatoms. The van der Waals surface area contributed by atoms with Gasteiger partial charge in [-0.05, 0) is 36.5 Å². The van der Waals surface area contributed by atoms with E-state index in [0.717, 1.165) is 12.0 Å². The van der Waals surface area contributed by atoms with Gasteiger partial charge in [0.05, 0.1) is 4.90 Å². The van der Waals surface area contributed by atoms with Crippen LogP contribution >= 0.6 is 0 Å². The largest absolute Gasteiger partial charge is 0.356 e. The Balaban J connectivity index is 2.48. The lowest BCUT2D eigenvalue weighted by molar-refractivity contribution is -0.129. The van der Waals surface area contributed by atoms with Crippen LogP contribution in [-0.4, -0.2) is 44.8 Å². The molecule has 1 aromatic rings. The minimum absolute atomic E-state index is 0.0581. The molecular weight excluding hydrogens is 354 g/mol. The molecule has 26 heavy (non-hydrogen) atoms. The van der Waals surface area contributed by atoms with Crippen LogP contribution in [0.4, 0.5) is 0 Å². The lowest BCUT2D eigenvalue weighted by Crippen LogP contribution is -2.35. The number of sulfonamides is 1. The molecule has 1 aromatic carbocycles. The zero-order valence-electron chi connectivity index (χ0n) is 15.7. The summed E-state index contributed by atoms with van der Waals surface area (Å²) in [5, 5.41) is 7.93. The van der Waals surface area contributed by atoms with Crippen molar-refractivity contribution in [2.75, 3.05) is 19.6 Å². The third kappa shape index (κ3) is 8.44. The van der Waals surface area contributed by atoms with Crippen molar-refractivity contribution < 1.29 is 18.0 Å². The zero-order chi connectivity index (χ0) is 19.7. The van der Waals surface area contributed by atoms with E-state index in [1.807, 2.05) is 0 Å².